The van der Waals surface area contributed by atoms with Gasteiger partial charge in [-0.25, -0.2) is 4.79 Å². The summed E-state index contributed by atoms with van der Waals surface area (Å²) in [7, 11) is 0. The van der Waals surface area contributed by atoms with Gasteiger partial charge in [-0.05, 0) is 44.9 Å². The van der Waals surface area contributed by atoms with E-state index >= 15 is 0 Å². The third kappa shape index (κ3) is 3.98. The number of hydrogen-bond donors (Lipinski definition) is 3. The number of nitrogens with one attached hydrogen (secondary N) is 1. The molecule has 18 heavy (non-hydrogen) atoms. The van der Waals surface area contributed by atoms with Crippen molar-refractivity contribution in [3.63, 3.8) is 0 Å². The van der Waals surface area contributed by atoms with Gasteiger partial charge < -0.3 is 16.2 Å². The van der Waals surface area contributed by atoms with E-state index in [1.807, 2.05) is 6.92 Å². The van der Waals surface area contributed by atoms with E-state index in [-0.39, 0.29) is 11.9 Å². The van der Waals surface area contributed by atoms with Crippen LogP contribution in [-0.2, 0) is 9.59 Å². The average molecular weight is 256 g/mol. The Morgan fingerprint density at radius 2 is 2.00 bits per heavy atom. The first kappa shape index (κ1) is 15.0. The summed E-state index contributed by atoms with van der Waals surface area (Å²) in [4.78, 5) is 23.2. The van der Waals surface area contributed by atoms with E-state index in [9.17, 15) is 14.7 Å². The van der Waals surface area contributed by atoms with E-state index in [0.29, 0.717) is 31.6 Å². The molecule has 1 aliphatic carbocycles. The Kier molecular flexibility index (Phi) is 5.14. The summed E-state index contributed by atoms with van der Waals surface area (Å²) in [6.45, 7) is 3.95. The molecule has 1 fully saturated rings. The van der Waals surface area contributed by atoms with Gasteiger partial charge in [0.1, 0.15) is 5.54 Å². The third-order valence-corrected chi connectivity index (χ3v) is 3.74. The van der Waals surface area contributed by atoms with E-state index in [1.54, 1.807) is 0 Å². The Bertz CT molecular complexity index is 307. The fraction of sp³-hybridized carbons (Fsp3) is 0.846. The topological polar surface area (TPSA) is 92.4 Å². The molecule has 0 aromatic carbocycles. The Morgan fingerprint density at radius 3 is 2.44 bits per heavy atom. The molecule has 1 saturated carbocycles. The lowest BCUT2D eigenvalue weighted by molar-refractivity contribution is -0.149. The molecule has 1 rings (SSSR count). The van der Waals surface area contributed by atoms with Crippen molar-refractivity contribution in [3.8, 4) is 0 Å². The molecule has 0 bridgehead atoms. The molecule has 0 saturated heterocycles. The molecule has 0 radical (unpaired) electrons. The van der Waals surface area contributed by atoms with Crippen LogP contribution in [-0.4, -0.2) is 28.6 Å². The predicted octanol–water partition coefficient (Wildman–Crippen LogP) is 1.26. The monoisotopic (exact) mass is 256 g/mol. The van der Waals surface area contributed by atoms with E-state index in [1.165, 1.54) is 0 Å². The van der Waals surface area contributed by atoms with E-state index < -0.39 is 11.5 Å². The summed E-state index contributed by atoms with van der Waals surface area (Å²) in [6, 6.07) is -0.0390. The number of aliphatic carboxylic acids is 1. The molecule has 1 amide bonds. The minimum atomic E-state index is -1.05. The van der Waals surface area contributed by atoms with Gasteiger partial charge in [0.25, 0.3) is 0 Å². The number of carboxylic acids is 1. The maximum Gasteiger partial charge on any atom is 0.329 e. The summed E-state index contributed by atoms with van der Waals surface area (Å²) < 4.78 is 0. The van der Waals surface area contributed by atoms with Crippen molar-refractivity contribution in [2.24, 2.45) is 11.7 Å². The minimum absolute atomic E-state index is 0.0390. The van der Waals surface area contributed by atoms with Crippen LogP contribution in [0.25, 0.3) is 0 Å². The molecule has 1 unspecified atom stereocenters. The standard InChI is InChI=1S/C13H24N2O3/c1-9-5-7-13(8-6-9,12(17)18)15-11(16)4-3-10(2)14/h9-10H,3-8,14H2,1-2H3,(H,15,16)(H,17,18). The quantitative estimate of drug-likeness (QED) is 0.690. The van der Waals surface area contributed by atoms with Crippen LogP contribution in [0.15, 0.2) is 0 Å². The average Bonchev–Trinajstić information content (AvgIpc) is 2.29. The lowest BCUT2D eigenvalue weighted by Crippen LogP contribution is -2.56. The molecule has 5 nitrogen and oxygen atoms in total. The third-order valence-electron chi connectivity index (χ3n) is 3.74. The van der Waals surface area contributed by atoms with Crippen LogP contribution in [0, 0.1) is 5.92 Å². The highest BCUT2D eigenvalue weighted by molar-refractivity contribution is 5.87. The second-order valence-corrected chi connectivity index (χ2v) is 5.63. The number of carbonyl (C=O) groups is 2. The van der Waals surface area contributed by atoms with Gasteiger partial charge in [-0.2, -0.15) is 0 Å². The Morgan fingerprint density at radius 1 is 1.44 bits per heavy atom. The molecule has 104 valence electrons. The number of carbonyl (C=O) groups excluding carboxylic acids is 1. The first-order valence-electron chi connectivity index (χ1n) is 6.66. The van der Waals surface area contributed by atoms with Crippen LogP contribution in [0.3, 0.4) is 0 Å². The number of amides is 1. The zero-order chi connectivity index (χ0) is 13.8. The first-order chi connectivity index (χ1) is 8.35. The maximum atomic E-state index is 11.8. The predicted molar refractivity (Wildman–Crippen MR) is 69.0 cm³/mol. The molecular weight excluding hydrogens is 232 g/mol. The van der Waals surface area contributed by atoms with Crippen molar-refractivity contribution in [2.45, 2.75) is 64.0 Å². The summed E-state index contributed by atoms with van der Waals surface area (Å²) >= 11 is 0. The second kappa shape index (κ2) is 6.18. The van der Waals surface area contributed by atoms with Crippen LogP contribution in [0.5, 0.6) is 0 Å². The minimum Gasteiger partial charge on any atom is -0.480 e. The van der Waals surface area contributed by atoms with Gasteiger partial charge in [0.15, 0.2) is 0 Å². The number of hydrogen-bond acceptors (Lipinski definition) is 3. The van der Waals surface area contributed by atoms with Crippen molar-refractivity contribution in [1.82, 2.24) is 5.32 Å². The number of nitrogens with two attached hydrogens (primary N) is 1. The molecule has 0 heterocycles. The molecular formula is C13H24N2O3. The zero-order valence-electron chi connectivity index (χ0n) is 11.2. The van der Waals surface area contributed by atoms with Gasteiger partial charge in [0.05, 0.1) is 0 Å². The van der Waals surface area contributed by atoms with E-state index in [2.05, 4.69) is 12.2 Å². The number of rotatable bonds is 5. The number of carboxylic acid groups (broad SMARTS) is 1. The van der Waals surface area contributed by atoms with Crippen LogP contribution < -0.4 is 11.1 Å². The highest BCUT2D eigenvalue weighted by Crippen LogP contribution is 2.32. The van der Waals surface area contributed by atoms with Gasteiger partial charge in [-0.3, -0.25) is 4.79 Å². The van der Waals surface area contributed by atoms with Gasteiger partial charge >= 0.3 is 5.97 Å². The van der Waals surface area contributed by atoms with Crippen LogP contribution >= 0.6 is 0 Å². The molecule has 0 spiro atoms. The maximum absolute atomic E-state index is 11.8. The van der Waals surface area contributed by atoms with Gasteiger partial charge in [0, 0.05) is 12.5 Å². The summed E-state index contributed by atoms with van der Waals surface area (Å²) in [6.07, 6.45) is 3.61. The summed E-state index contributed by atoms with van der Waals surface area (Å²) in [5.41, 5.74) is 4.53. The fourth-order valence-electron chi connectivity index (χ4n) is 2.34. The largest absolute Gasteiger partial charge is 0.480 e. The Labute approximate surface area is 108 Å². The molecule has 1 aliphatic rings. The van der Waals surface area contributed by atoms with Crippen LogP contribution in [0.4, 0.5) is 0 Å². The van der Waals surface area contributed by atoms with Crippen molar-refractivity contribution >= 4 is 11.9 Å². The molecule has 1 atom stereocenters. The molecule has 4 N–H and O–H groups in total. The SMILES string of the molecule is CC(N)CCC(=O)NC1(C(=O)O)CCC(C)CC1. The second-order valence-electron chi connectivity index (χ2n) is 5.63. The van der Waals surface area contributed by atoms with E-state index in [4.69, 9.17) is 5.73 Å². The van der Waals surface area contributed by atoms with Crippen molar-refractivity contribution in [3.05, 3.63) is 0 Å². The molecule has 0 aromatic rings. The summed E-state index contributed by atoms with van der Waals surface area (Å²) in [5.74, 6) is -0.578. The Balaban J connectivity index is 2.58. The van der Waals surface area contributed by atoms with Gasteiger partial charge in [0.2, 0.25) is 5.91 Å². The molecule has 0 aliphatic heterocycles. The lowest BCUT2D eigenvalue weighted by Gasteiger charge is -2.36. The van der Waals surface area contributed by atoms with Crippen molar-refractivity contribution in [2.75, 3.05) is 0 Å². The van der Waals surface area contributed by atoms with Crippen molar-refractivity contribution in [1.29, 1.82) is 0 Å². The van der Waals surface area contributed by atoms with Gasteiger partial charge in [-0.1, -0.05) is 6.92 Å². The zero-order valence-corrected chi connectivity index (χ0v) is 11.2. The lowest BCUT2D eigenvalue weighted by atomic mass is 9.77. The highest BCUT2D eigenvalue weighted by atomic mass is 16.4. The van der Waals surface area contributed by atoms with Crippen molar-refractivity contribution < 1.29 is 14.7 Å². The normalized spacial score (nSPS) is 29.6. The van der Waals surface area contributed by atoms with Crippen LogP contribution in [0.2, 0.25) is 0 Å². The van der Waals surface area contributed by atoms with Gasteiger partial charge in [-0.15, -0.1) is 0 Å². The first-order valence-corrected chi connectivity index (χ1v) is 6.66. The smallest absolute Gasteiger partial charge is 0.329 e. The highest BCUT2D eigenvalue weighted by Gasteiger charge is 2.42. The van der Waals surface area contributed by atoms with E-state index in [0.717, 1.165) is 12.8 Å². The van der Waals surface area contributed by atoms with Crippen LogP contribution in [0.1, 0.15) is 52.4 Å². The summed E-state index contributed by atoms with van der Waals surface area (Å²) in [5, 5.41) is 12.1. The Hall–Kier alpha value is -1.10. The molecule has 0 aromatic heterocycles. The molecule has 5 heteroatoms. The fourth-order valence-corrected chi connectivity index (χ4v) is 2.34.